The van der Waals surface area contributed by atoms with E-state index < -0.39 is 187 Å². The Morgan fingerprint density at radius 1 is 0.197 bits per heavy atom. The zero-order valence-corrected chi connectivity index (χ0v) is 28.8. The molecule has 0 spiro atoms. The van der Waals surface area contributed by atoms with Gasteiger partial charge >= 0.3 is 0 Å². The van der Waals surface area contributed by atoms with E-state index in [-0.39, 0.29) is 48.5 Å². The van der Waals surface area contributed by atoms with Crippen LogP contribution in [0.25, 0.3) is 43.1 Å². The maximum atomic E-state index is 17.3. The normalized spacial score (nSPS) is 12.3. The summed E-state index contributed by atoms with van der Waals surface area (Å²) in [6, 6.07) is -0.488. The molecule has 0 unspecified atom stereocenters. The van der Waals surface area contributed by atoms with Crippen LogP contribution in [-0.2, 0) is 0 Å². The summed E-state index contributed by atoms with van der Waals surface area (Å²) in [6.45, 7) is 0. The number of rotatable bonds is 4. The maximum absolute atomic E-state index is 17.3. The van der Waals surface area contributed by atoms with Crippen LogP contribution in [0.1, 0.15) is 0 Å². The summed E-state index contributed by atoms with van der Waals surface area (Å²) < 4.78 is 318. The summed E-state index contributed by atoms with van der Waals surface area (Å²) in [4.78, 5) is 0. The summed E-state index contributed by atoms with van der Waals surface area (Å²) in [5.74, 6) is -54.8. The van der Waals surface area contributed by atoms with Crippen molar-refractivity contribution in [3.63, 3.8) is 0 Å². The molecule has 0 radical (unpaired) electrons. The van der Waals surface area contributed by atoms with Crippen molar-refractivity contribution in [2.24, 2.45) is 0 Å². The minimum atomic E-state index is -6.29. The lowest BCUT2D eigenvalue weighted by Gasteiger charge is -2.47. The summed E-state index contributed by atoms with van der Waals surface area (Å²) in [7, 11) is 0. The van der Waals surface area contributed by atoms with Gasteiger partial charge in [0.15, 0.2) is 93.1 Å². The van der Waals surface area contributed by atoms with E-state index in [1.165, 1.54) is 0 Å². The first-order chi connectivity index (χ1) is 28.6. The van der Waals surface area contributed by atoms with Crippen LogP contribution in [0.15, 0.2) is 48.5 Å². The standard InChI is InChI=1S/C40H8BF20/c42-13-5-1-9-17(25(13)46)29(50)37(58)33(54)21(9)41(22-10-2-6-14(43)26(47)18(10)30(51)38(59)34(22)55,23-11-3-7-15(44)27(48)19(11)31(52)39(60)35(23)56)24-12-4-8-16(45)28(49)20(12)32(53)40(61)36(24)57/h1-8H/q-1. The predicted molar refractivity (Wildman–Crippen MR) is 179 cm³/mol. The van der Waals surface area contributed by atoms with Gasteiger partial charge in [0, 0.05) is 0 Å². The molecule has 0 heterocycles. The van der Waals surface area contributed by atoms with E-state index in [4.69, 9.17) is 0 Å². The van der Waals surface area contributed by atoms with Crippen molar-refractivity contribution < 1.29 is 87.8 Å². The number of fused-ring (bicyclic) bond motifs is 4. The van der Waals surface area contributed by atoms with Gasteiger partial charge in [-0.25, -0.2) is 87.8 Å². The molecule has 0 nitrogen and oxygen atoms in total. The van der Waals surface area contributed by atoms with Gasteiger partial charge in [-0.15, -0.1) is 21.9 Å². The SMILES string of the molecule is Fc1ccc2c([B-](c3c(F)c(F)c(F)c4c(F)c(F)ccc34)(c3c(F)c(F)c(F)c4c(F)c(F)ccc34)c3c(F)c(F)c(F)c4c(F)c(F)ccc34)c(F)c(F)c(F)c2c1F. The molecule has 312 valence electrons. The minimum absolute atomic E-state index is 0.0220. The van der Waals surface area contributed by atoms with Crippen LogP contribution in [0.4, 0.5) is 87.8 Å². The lowest BCUT2D eigenvalue weighted by Crippen LogP contribution is -2.78. The Morgan fingerprint density at radius 2 is 0.377 bits per heavy atom. The highest BCUT2D eigenvalue weighted by molar-refractivity contribution is 7.23. The Hall–Kier alpha value is -6.54. The van der Waals surface area contributed by atoms with Gasteiger partial charge in [0.2, 0.25) is 0 Å². The molecule has 0 atom stereocenters. The van der Waals surface area contributed by atoms with Gasteiger partial charge in [0.25, 0.3) is 0 Å². The van der Waals surface area contributed by atoms with Gasteiger partial charge in [0.05, 0.1) is 21.5 Å². The van der Waals surface area contributed by atoms with E-state index in [9.17, 15) is 17.6 Å². The topological polar surface area (TPSA) is 0 Å². The molecule has 0 N–H and O–H groups in total. The second-order valence-corrected chi connectivity index (χ2v) is 13.4. The van der Waals surface area contributed by atoms with Crippen molar-refractivity contribution in [1.82, 2.24) is 0 Å². The fraction of sp³-hybridized carbons (Fsp3) is 0. The van der Waals surface area contributed by atoms with E-state index in [1.807, 2.05) is 0 Å². The predicted octanol–water partition coefficient (Wildman–Crippen LogP) is 10.5. The Kier molecular flexibility index (Phi) is 9.29. The number of halogens is 20. The van der Waals surface area contributed by atoms with Crippen LogP contribution in [-0.4, -0.2) is 6.15 Å². The van der Waals surface area contributed by atoms with Gasteiger partial charge in [-0.05, 0) is 45.8 Å². The Morgan fingerprint density at radius 3 is 0.557 bits per heavy atom. The molecule has 0 amide bonds. The first kappa shape index (κ1) is 41.2. The average Bonchev–Trinajstić information content (AvgIpc) is 3.22. The fourth-order valence-electron chi connectivity index (χ4n) is 8.29. The first-order valence-electron chi connectivity index (χ1n) is 16.6. The third-order valence-electron chi connectivity index (χ3n) is 10.6. The second kappa shape index (κ2) is 13.7. The molecule has 8 aromatic carbocycles. The smallest absolute Gasteiger partial charge is 0.191 e. The molecule has 0 fully saturated rings. The molecule has 61 heavy (non-hydrogen) atoms. The zero-order chi connectivity index (χ0) is 44.6. The highest BCUT2D eigenvalue weighted by atomic mass is 19.2. The van der Waals surface area contributed by atoms with Gasteiger partial charge in [-0.2, -0.15) is 0 Å². The van der Waals surface area contributed by atoms with Crippen LogP contribution in [0.5, 0.6) is 0 Å². The molecular formula is C40H8BF20-. The van der Waals surface area contributed by atoms with E-state index in [1.54, 1.807) is 0 Å². The molecule has 0 aromatic heterocycles. The van der Waals surface area contributed by atoms with E-state index >= 15 is 70.2 Å². The number of hydrogen-bond acceptors (Lipinski definition) is 0. The van der Waals surface area contributed by atoms with Crippen LogP contribution in [0.2, 0.25) is 0 Å². The molecule has 0 aliphatic rings. The lowest BCUT2D eigenvalue weighted by molar-refractivity contribution is 0.448. The summed E-state index contributed by atoms with van der Waals surface area (Å²) in [6.07, 6.45) is -6.29. The second-order valence-electron chi connectivity index (χ2n) is 13.4. The molecule has 0 aliphatic carbocycles. The fourth-order valence-corrected chi connectivity index (χ4v) is 8.29. The number of benzene rings is 8. The molecule has 21 heteroatoms. The largest absolute Gasteiger partial charge is 0.207 e. The first-order valence-corrected chi connectivity index (χ1v) is 16.6. The van der Waals surface area contributed by atoms with Crippen LogP contribution in [0.3, 0.4) is 0 Å². The van der Waals surface area contributed by atoms with Gasteiger partial charge < -0.3 is 0 Å². The van der Waals surface area contributed by atoms with Gasteiger partial charge in [-0.3, -0.25) is 0 Å². The molecular weight excluding hydrogens is 871 g/mol. The summed E-state index contributed by atoms with van der Waals surface area (Å²) >= 11 is 0. The Labute approximate surface area is 323 Å². The third-order valence-corrected chi connectivity index (χ3v) is 10.6. The molecule has 0 aliphatic heterocycles. The summed E-state index contributed by atoms with van der Waals surface area (Å²) in [5.41, 5.74) is -9.74. The molecule has 8 rings (SSSR count). The van der Waals surface area contributed by atoms with Gasteiger partial charge in [-0.1, -0.05) is 24.3 Å². The molecule has 0 saturated heterocycles. The highest BCUT2D eigenvalue weighted by Gasteiger charge is 2.49. The molecule has 0 bridgehead atoms. The highest BCUT2D eigenvalue weighted by Crippen LogP contribution is 2.38. The van der Waals surface area contributed by atoms with E-state index in [0.29, 0.717) is 0 Å². The van der Waals surface area contributed by atoms with Crippen molar-refractivity contribution in [2.75, 3.05) is 0 Å². The molecule has 8 aromatic rings. The minimum Gasteiger partial charge on any atom is -0.207 e. The molecule has 0 saturated carbocycles. The van der Waals surface area contributed by atoms with Crippen LogP contribution >= 0.6 is 0 Å². The lowest BCUT2D eigenvalue weighted by atomic mass is 9.11. The van der Waals surface area contributed by atoms with Crippen molar-refractivity contribution in [3.8, 4) is 0 Å². The third kappa shape index (κ3) is 5.17. The van der Waals surface area contributed by atoms with Crippen LogP contribution < -0.4 is 21.9 Å². The van der Waals surface area contributed by atoms with Crippen molar-refractivity contribution >= 4 is 71.1 Å². The number of hydrogen-bond donors (Lipinski definition) is 0. The van der Waals surface area contributed by atoms with Gasteiger partial charge in [0.1, 0.15) is 29.4 Å². The van der Waals surface area contributed by atoms with Crippen molar-refractivity contribution in [3.05, 3.63) is 165 Å². The zero-order valence-electron chi connectivity index (χ0n) is 28.8. The summed E-state index contributed by atoms with van der Waals surface area (Å²) in [5, 5.41) is -16.2. The monoisotopic (exact) mass is 879 g/mol. The van der Waals surface area contributed by atoms with Crippen molar-refractivity contribution in [2.45, 2.75) is 0 Å². The van der Waals surface area contributed by atoms with Crippen molar-refractivity contribution in [1.29, 1.82) is 0 Å². The van der Waals surface area contributed by atoms with E-state index in [0.717, 1.165) is 0 Å². The Bertz CT molecular complexity index is 2880. The van der Waals surface area contributed by atoms with Crippen LogP contribution in [0, 0.1) is 116 Å². The average molecular weight is 879 g/mol. The maximum Gasteiger partial charge on any atom is 0.191 e. The Balaban J connectivity index is 1.94. The quantitative estimate of drug-likeness (QED) is 0.0939. The van der Waals surface area contributed by atoms with E-state index in [2.05, 4.69) is 0 Å².